The van der Waals surface area contributed by atoms with E-state index >= 15 is 0 Å². The zero-order valence-corrected chi connectivity index (χ0v) is 12.4. The SMILES string of the molecule is C=C(CNCC(C)(C)c1ccccc1)c1ccccc1. The summed E-state index contributed by atoms with van der Waals surface area (Å²) < 4.78 is 0. The highest BCUT2D eigenvalue weighted by Crippen LogP contribution is 2.22. The Balaban J connectivity index is 1.88. The fraction of sp³-hybridized carbons (Fsp3) is 0.263. The van der Waals surface area contributed by atoms with Gasteiger partial charge in [0.25, 0.3) is 0 Å². The molecule has 0 aromatic heterocycles. The number of hydrogen-bond acceptors (Lipinski definition) is 1. The molecule has 0 saturated heterocycles. The van der Waals surface area contributed by atoms with Crippen LogP contribution in [0.5, 0.6) is 0 Å². The van der Waals surface area contributed by atoms with E-state index in [1.54, 1.807) is 0 Å². The van der Waals surface area contributed by atoms with Crippen molar-refractivity contribution in [2.24, 2.45) is 0 Å². The second-order valence-electron chi connectivity index (χ2n) is 5.82. The van der Waals surface area contributed by atoms with Crippen molar-refractivity contribution < 1.29 is 0 Å². The molecule has 0 aliphatic carbocycles. The minimum atomic E-state index is 0.123. The van der Waals surface area contributed by atoms with Crippen LogP contribution in [0.3, 0.4) is 0 Å². The molecule has 0 radical (unpaired) electrons. The third-order valence-corrected chi connectivity index (χ3v) is 3.64. The molecule has 0 unspecified atom stereocenters. The molecule has 0 heterocycles. The predicted octanol–water partition coefficient (Wildman–Crippen LogP) is 4.27. The van der Waals surface area contributed by atoms with Crippen molar-refractivity contribution in [2.45, 2.75) is 19.3 Å². The zero-order chi connectivity index (χ0) is 14.4. The summed E-state index contributed by atoms with van der Waals surface area (Å²) in [5.74, 6) is 0. The molecule has 20 heavy (non-hydrogen) atoms. The van der Waals surface area contributed by atoms with Crippen molar-refractivity contribution in [3.63, 3.8) is 0 Å². The van der Waals surface area contributed by atoms with E-state index in [-0.39, 0.29) is 5.41 Å². The Kier molecular flexibility index (Phi) is 4.75. The first-order chi connectivity index (χ1) is 9.59. The molecule has 0 aliphatic rings. The van der Waals surface area contributed by atoms with Gasteiger partial charge < -0.3 is 5.32 Å². The Morgan fingerprint density at radius 3 is 2.10 bits per heavy atom. The lowest BCUT2D eigenvalue weighted by molar-refractivity contribution is 0.485. The van der Waals surface area contributed by atoms with Crippen molar-refractivity contribution in [1.82, 2.24) is 5.32 Å². The molecule has 1 heteroatoms. The number of nitrogens with one attached hydrogen (secondary N) is 1. The third-order valence-electron chi connectivity index (χ3n) is 3.64. The van der Waals surface area contributed by atoms with Gasteiger partial charge in [-0.15, -0.1) is 0 Å². The lowest BCUT2D eigenvalue weighted by Gasteiger charge is -2.26. The van der Waals surface area contributed by atoms with Gasteiger partial charge in [-0.3, -0.25) is 0 Å². The lowest BCUT2D eigenvalue weighted by atomic mass is 9.84. The van der Waals surface area contributed by atoms with Crippen LogP contribution in [0.15, 0.2) is 67.2 Å². The molecule has 104 valence electrons. The summed E-state index contributed by atoms with van der Waals surface area (Å²) in [6.45, 7) is 10.4. The van der Waals surface area contributed by atoms with Gasteiger partial charge in [0, 0.05) is 18.5 Å². The highest BCUT2D eigenvalue weighted by Gasteiger charge is 2.19. The zero-order valence-electron chi connectivity index (χ0n) is 12.4. The van der Waals surface area contributed by atoms with Crippen LogP contribution in [0.4, 0.5) is 0 Å². The van der Waals surface area contributed by atoms with Gasteiger partial charge in [-0.05, 0) is 16.7 Å². The average molecular weight is 265 g/mol. The van der Waals surface area contributed by atoms with E-state index in [0.717, 1.165) is 18.7 Å². The maximum absolute atomic E-state index is 4.15. The molecule has 2 aromatic rings. The molecule has 1 nitrogen and oxygen atoms in total. The van der Waals surface area contributed by atoms with Crippen molar-refractivity contribution >= 4 is 5.57 Å². The highest BCUT2D eigenvalue weighted by molar-refractivity contribution is 5.64. The fourth-order valence-electron chi connectivity index (χ4n) is 2.29. The van der Waals surface area contributed by atoms with E-state index in [9.17, 15) is 0 Å². The Bertz CT molecular complexity index is 540. The Hall–Kier alpha value is -1.86. The largest absolute Gasteiger partial charge is 0.312 e. The Labute approximate surface area is 122 Å². The van der Waals surface area contributed by atoms with Gasteiger partial charge in [0.2, 0.25) is 0 Å². The molecule has 0 aliphatic heterocycles. The first-order valence-corrected chi connectivity index (χ1v) is 7.09. The van der Waals surface area contributed by atoms with Crippen LogP contribution in [0.1, 0.15) is 25.0 Å². The monoisotopic (exact) mass is 265 g/mol. The minimum Gasteiger partial charge on any atom is -0.312 e. The summed E-state index contributed by atoms with van der Waals surface area (Å²) >= 11 is 0. The van der Waals surface area contributed by atoms with E-state index in [2.05, 4.69) is 80.3 Å². The summed E-state index contributed by atoms with van der Waals surface area (Å²) in [4.78, 5) is 0. The minimum absolute atomic E-state index is 0.123. The fourth-order valence-corrected chi connectivity index (χ4v) is 2.29. The van der Waals surface area contributed by atoms with Gasteiger partial charge in [0.05, 0.1) is 0 Å². The quantitative estimate of drug-likeness (QED) is 0.822. The van der Waals surface area contributed by atoms with Crippen molar-refractivity contribution in [1.29, 1.82) is 0 Å². The molecule has 0 fully saturated rings. The third kappa shape index (κ3) is 3.82. The molecular weight excluding hydrogens is 242 g/mol. The topological polar surface area (TPSA) is 12.0 Å². The molecule has 0 amide bonds. The molecule has 1 N–H and O–H groups in total. The molecule has 0 atom stereocenters. The number of rotatable bonds is 6. The Morgan fingerprint density at radius 2 is 1.50 bits per heavy atom. The van der Waals surface area contributed by atoms with Crippen molar-refractivity contribution in [3.8, 4) is 0 Å². The van der Waals surface area contributed by atoms with Gasteiger partial charge in [-0.25, -0.2) is 0 Å². The van der Waals surface area contributed by atoms with E-state index < -0.39 is 0 Å². The van der Waals surface area contributed by atoms with Gasteiger partial charge in [0.1, 0.15) is 0 Å². The average Bonchev–Trinajstić information content (AvgIpc) is 2.49. The summed E-state index contributed by atoms with van der Waals surface area (Å²) in [6, 6.07) is 21.0. The number of hydrogen-bond donors (Lipinski definition) is 1. The van der Waals surface area contributed by atoms with Crippen LogP contribution in [0, 0.1) is 0 Å². The maximum Gasteiger partial charge on any atom is 0.0205 e. The van der Waals surface area contributed by atoms with Gasteiger partial charge in [-0.2, -0.15) is 0 Å². The number of benzene rings is 2. The van der Waals surface area contributed by atoms with Crippen LogP contribution < -0.4 is 5.32 Å². The normalized spacial score (nSPS) is 11.3. The van der Waals surface area contributed by atoms with E-state index in [0.29, 0.717) is 0 Å². The van der Waals surface area contributed by atoms with E-state index in [4.69, 9.17) is 0 Å². The van der Waals surface area contributed by atoms with E-state index in [1.807, 2.05) is 6.07 Å². The van der Waals surface area contributed by atoms with Crippen LogP contribution in [-0.4, -0.2) is 13.1 Å². The van der Waals surface area contributed by atoms with Gasteiger partial charge in [0.15, 0.2) is 0 Å². The van der Waals surface area contributed by atoms with Crippen molar-refractivity contribution in [2.75, 3.05) is 13.1 Å². The molecule has 0 saturated carbocycles. The van der Waals surface area contributed by atoms with E-state index in [1.165, 1.54) is 11.1 Å². The molecule has 2 rings (SSSR count). The van der Waals surface area contributed by atoms with Crippen LogP contribution in [-0.2, 0) is 5.41 Å². The first-order valence-electron chi connectivity index (χ1n) is 7.09. The van der Waals surface area contributed by atoms with Gasteiger partial charge >= 0.3 is 0 Å². The smallest absolute Gasteiger partial charge is 0.0205 e. The van der Waals surface area contributed by atoms with Crippen molar-refractivity contribution in [3.05, 3.63) is 78.4 Å². The summed E-state index contributed by atoms with van der Waals surface area (Å²) in [7, 11) is 0. The standard InChI is InChI=1S/C19H23N/c1-16(17-10-6-4-7-11-17)14-20-15-19(2,3)18-12-8-5-9-13-18/h4-13,20H,1,14-15H2,2-3H3. The molecule has 0 bridgehead atoms. The lowest BCUT2D eigenvalue weighted by Crippen LogP contribution is -2.33. The maximum atomic E-state index is 4.15. The van der Waals surface area contributed by atoms with Crippen LogP contribution in [0.2, 0.25) is 0 Å². The first kappa shape index (κ1) is 14.5. The molecule has 0 spiro atoms. The summed E-state index contributed by atoms with van der Waals surface area (Å²) in [6.07, 6.45) is 0. The highest BCUT2D eigenvalue weighted by atomic mass is 14.9. The second kappa shape index (κ2) is 6.53. The Morgan fingerprint density at radius 1 is 0.950 bits per heavy atom. The summed E-state index contributed by atoms with van der Waals surface area (Å²) in [5.41, 5.74) is 3.82. The van der Waals surface area contributed by atoms with Crippen LogP contribution in [0.25, 0.3) is 5.57 Å². The van der Waals surface area contributed by atoms with Gasteiger partial charge in [-0.1, -0.05) is 81.1 Å². The molecular formula is C19H23N. The predicted molar refractivity (Wildman–Crippen MR) is 87.8 cm³/mol. The second-order valence-corrected chi connectivity index (χ2v) is 5.82. The molecule has 2 aromatic carbocycles. The van der Waals surface area contributed by atoms with Crippen LogP contribution >= 0.6 is 0 Å². The summed E-state index contributed by atoms with van der Waals surface area (Å²) in [5, 5.41) is 3.52.